The molecule has 0 spiro atoms. The number of rotatable bonds is 2. The van der Waals surface area contributed by atoms with E-state index in [1.54, 1.807) is 18.2 Å². The zero-order chi connectivity index (χ0) is 13.1. The van der Waals surface area contributed by atoms with Gasteiger partial charge >= 0.3 is 0 Å². The van der Waals surface area contributed by atoms with Gasteiger partial charge in [-0.3, -0.25) is 0 Å². The van der Waals surface area contributed by atoms with Crippen LogP contribution in [0.5, 0.6) is 0 Å². The molecule has 0 radical (unpaired) electrons. The van der Waals surface area contributed by atoms with Gasteiger partial charge in [-0.05, 0) is 36.4 Å². The molecule has 2 aromatic rings. The second-order valence-corrected chi connectivity index (χ2v) is 4.62. The molecule has 0 aliphatic rings. The lowest BCUT2D eigenvalue weighted by Crippen LogP contribution is -1.91. The van der Waals surface area contributed by atoms with Crippen LogP contribution in [0.1, 0.15) is 5.56 Å². The Bertz CT molecular complexity index is 635. The smallest absolute Gasteiger partial charge is 0.137 e. The van der Waals surface area contributed by atoms with E-state index in [9.17, 15) is 8.78 Å². The summed E-state index contributed by atoms with van der Waals surface area (Å²) in [6, 6.07) is 9.86. The van der Waals surface area contributed by atoms with Crippen LogP contribution in [-0.2, 0) is 0 Å². The first-order valence-electron chi connectivity index (χ1n) is 5.02. The molecular formula is C13H8F2N2S. The minimum atomic E-state index is -0.525. The maximum Gasteiger partial charge on any atom is 0.137 e. The summed E-state index contributed by atoms with van der Waals surface area (Å²) in [6.07, 6.45) is 0. The largest absolute Gasteiger partial charge is 0.398 e. The highest BCUT2D eigenvalue weighted by Crippen LogP contribution is 2.34. The van der Waals surface area contributed by atoms with E-state index in [0.717, 1.165) is 30.0 Å². The molecule has 0 bridgehead atoms. The second-order valence-electron chi connectivity index (χ2n) is 3.54. The van der Waals surface area contributed by atoms with E-state index in [1.165, 1.54) is 0 Å². The minimum Gasteiger partial charge on any atom is -0.398 e. The van der Waals surface area contributed by atoms with E-state index in [0.29, 0.717) is 16.1 Å². The van der Waals surface area contributed by atoms with E-state index in [4.69, 9.17) is 11.0 Å². The Hall–Kier alpha value is -2.06. The lowest BCUT2D eigenvalue weighted by atomic mass is 10.2. The van der Waals surface area contributed by atoms with Crippen LogP contribution >= 0.6 is 11.8 Å². The van der Waals surface area contributed by atoms with Crippen molar-refractivity contribution in [1.29, 1.82) is 5.26 Å². The summed E-state index contributed by atoms with van der Waals surface area (Å²) in [6.45, 7) is 0. The van der Waals surface area contributed by atoms with Gasteiger partial charge in [0.25, 0.3) is 0 Å². The molecule has 0 atom stereocenters. The molecule has 5 heteroatoms. The molecule has 0 heterocycles. The van der Waals surface area contributed by atoms with Gasteiger partial charge in [-0.1, -0.05) is 11.8 Å². The summed E-state index contributed by atoms with van der Waals surface area (Å²) in [5, 5.41) is 8.78. The van der Waals surface area contributed by atoms with E-state index < -0.39 is 11.6 Å². The number of nitrogens with zero attached hydrogens (tertiary/aromatic N) is 1. The van der Waals surface area contributed by atoms with Crippen LogP contribution < -0.4 is 5.73 Å². The zero-order valence-corrected chi connectivity index (χ0v) is 9.97. The molecule has 0 aliphatic carbocycles. The lowest BCUT2D eigenvalue weighted by Gasteiger charge is -2.06. The van der Waals surface area contributed by atoms with Gasteiger partial charge in [0.15, 0.2) is 0 Å². The van der Waals surface area contributed by atoms with Crippen LogP contribution in [0, 0.1) is 23.0 Å². The average Bonchev–Trinajstić information content (AvgIpc) is 2.36. The molecular weight excluding hydrogens is 254 g/mol. The van der Waals surface area contributed by atoms with Crippen molar-refractivity contribution in [3.63, 3.8) is 0 Å². The van der Waals surface area contributed by atoms with Crippen molar-refractivity contribution in [2.75, 3.05) is 5.73 Å². The highest BCUT2D eigenvalue weighted by molar-refractivity contribution is 7.99. The van der Waals surface area contributed by atoms with Crippen LogP contribution in [0.3, 0.4) is 0 Å². The van der Waals surface area contributed by atoms with Gasteiger partial charge in [-0.2, -0.15) is 5.26 Å². The molecule has 18 heavy (non-hydrogen) atoms. The molecule has 2 rings (SSSR count). The van der Waals surface area contributed by atoms with Gasteiger partial charge in [0.2, 0.25) is 0 Å². The fourth-order valence-corrected chi connectivity index (χ4v) is 2.31. The first-order valence-corrected chi connectivity index (χ1v) is 5.84. The van der Waals surface area contributed by atoms with E-state index in [1.807, 2.05) is 6.07 Å². The highest BCUT2D eigenvalue weighted by atomic mass is 32.2. The molecule has 0 amide bonds. The Labute approximate surface area is 107 Å². The maximum absolute atomic E-state index is 13.5. The molecule has 2 aromatic carbocycles. The number of nitriles is 1. The number of anilines is 1. The Morgan fingerprint density at radius 3 is 2.56 bits per heavy atom. The molecule has 2 N–H and O–H groups in total. The van der Waals surface area contributed by atoms with Crippen LogP contribution in [0.4, 0.5) is 14.5 Å². The number of hydrogen-bond acceptors (Lipinski definition) is 3. The van der Waals surface area contributed by atoms with E-state index in [2.05, 4.69) is 0 Å². The zero-order valence-electron chi connectivity index (χ0n) is 9.15. The lowest BCUT2D eigenvalue weighted by molar-refractivity contribution is 0.577. The molecule has 0 unspecified atom stereocenters. The van der Waals surface area contributed by atoms with Crippen molar-refractivity contribution >= 4 is 17.4 Å². The fraction of sp³-hybridized carbons (Fsp3) is 0. The quantitative estimate of drug-likeness (QED) is 0.842. The van der Waals surface area contributed by atoms with E-state index in [-0.39, 0.29) is 4.90 Å². The molecule has 90 valence electrons. The Morgan fingerprint density at radius 1 is 1.06 bits per heavy atom. The third-order valence-corrected chi connectivity index (χ3v) is 3.36. The van der Waals surface area contributed by atoms with Crippen LogP contribution in [0.15, 0.2) is 46.2 Å². The Kier molecular flexibility index (Phi) is 3.49. The third kappa shape index (κ3) is 2.60. The third-order valence-electron chi connectivity index (χ3n) is 2.26. The summed E-state index contributed by atoms with van der Waals surface area (Å²) in [7, 11) is 0. The molecule has 0 fully saturated rings. The van der Waals surface area contributed by atoms with Crippen LogP contribution in [0.2, 0.25) is 0 Å². The van der Waals surface area contributed by atoms with Gasteiger partial charge in [0.1, 0.15) is 11.6 Å². The number of benzene rings is 2. The molecule has 0 saturated heterocycles. The maximum atomic E-state index is 13.5. The van der Waals surface area contributed by atoms with Crippen LogP contribution in [-0.4, -0.2) is 0 Å². The van der Waals surface area contributed by atoms with Gasteiger partial charge in [-0.25, -0.2) is 8.78 Å². The SMILES string of the molecule is N#Cc1ccc(N)c(Sc2cc(F)ccc2F)c1. The fourth-order valence-electron chi connectivity index (χ4n) is 1.37. The summed E-state index contributed by atoms with van der Waals surface area (Å²) in [5.74, 6) is -1.04. The number of hydrogen-bond donors (Lipinski definition) is 1. The number of nitrogens with two attached hydrogens (primary N) is 1. The van der Waals surface area contributed by atoms with E-state index >= 15 is 0 Å². The molecule has 0 aromatic heterocycles. The van der Waals surface area contributed by atoms with Gasteiger partial charge < -0.3 is 5.73 Å². The first kappa shape index (κ1) is 12.4. The standard InChI is InChI=1S/C13H8F2N2S/c14-9-2-3-10(15)12(6-9)18-13-5-8(7-16)1-4-11(13)17/h1-6H,17H2. The number of nitrogen functional groups attached to an aromatic ring is 1. The number of halogens is 2. The summed E-state index contributed by atoms with van der Waals surface area (Å²) in [5.41, 5.74) is 6.57. The second kappa shape index (κ2) is 5.07. The molecule has 0 saturated carbocycles. The summed E-state index contributed by atoms with van der Waals surface area (Å²) in [4.78, 5) is 0.662. The van der Waals surface area contributed by atoms with Crippen molar-refractivity contribution in [2.24, 2.45) is 0 Å². The van der Waals surface area contributed by atoms with Crippen molar-refractivity contribution in [3.8, 4) is 6.07 Å². The average molecular weight is 262 g/mol. The normalized spacial score (nSPS) is 10.1. The van der Waals surface area contributed by atoms with Gasteiger partial charge in [-0.15, -0.1) is 0 Å². The monoisotopic (exact) mass is 262 g/mol. The van der Waals surface area contributed by atoms with Crippen LogP contribution in [0.25, 0.3) is 0 Å². The Balaban J connectivity index is 2.39. The van der Waals surface area contributed by atoms with Crippen molar-refractivity contribution in [2.45, 2.75) is 9.79 Å². The van der Waals surface area contributed by atoms with Crippen molar-refractivity contribution in [3.05, 3.63) is 53.6 Å². The first-order chi connectivity index (χ1) is 8.60. The topological polar surface area (TPSA) is 49.8 Å². The predicted molar refractivity (Wildman–Crippen MR) is 66.1 cm³/mol. The van der Waals surface area contributed by atoms with Crippen molar-refractivity contribution in [1.82, 2.24) is 0 Å². The summed E-state index contributed by atoms with van der Waals surface area (Å²) < 4.78 is 26.5. The predicted octanol–water partition coefficient (Wildman–Crippen LogP) is 3.57. The van der Waals surface area contributed by atoms with Crippen molar-refractivity contribution < 1.29 is 8.78 Å². The Morgan fingerprint density at radius 2 is 1.83 bits per heavy atom. The summed E-state index contributed by atoms with van der Waals surface area (Å²) >= 11 is 0.993. The molecule has 2 nitrogen and oxygen atoms in total. The van der Waals surface area contributed by atoms with Gasteiger partial charge in [0, 0.05) is 10.6 Å². The minimum absolute atomic E-state index is 0.136. The highest BCUT2D eigenvalue weighted by Gasteiger charge is 2.09. The van der Waals surface area contributed by atoms with Gasteiger partial charge in [0.05, 0.1) is 16.5 Å². The molecule has 0 aliphatic heterocycles.